The van der Waals surface area contributed by atoms with Crippen LogP contribution in [0.5, 0.6) is 0 Å². The molecule has 4 nitrogen and oxygen atoms in total. The van der Waals surface area contributed by atoms with Crippen LogP contribution < -0.4 is 5.32 Å². The van der Waals surface area contributed by atoms with E-state index in [2.05, 4.69) is 21.4 Å². The van der Waals surface area contributed by atoms with Crippen LogP contribution in [0.4, 0.5) is 5.82 Å². The van der Waals surface area contributed by atoms with Gasteiger partial charge in [0.1, 0.15) is 5.82 Å². The Morgan fingerprint density at radius 1 is 1.24 bits per heavy atom. The number of fused-ring (bicyclic) bond motifs is 1. The number of aromatic nitrogens is 2. The van der Waals surface area contributed by atoms with E-state index in [0.717, 1.165) is 5.56 Å². The first-order valence-electron chi connectivity index (χ1n) is 5.63. The van der Waals surface area contributed by atoms with Crippen LogP contribution in [-0.2, 0) is 6.42 Å². The maximum absolute atomic E-state index is 10.1. The molecule has 0 radical (unpaired) electrons. The third-order valence-corrected chi connectivity index (χ3v) is 3.07. The van der Waals surface area contributed by atoms with E-state index in [0.29, 0.717) is 12.2 Å². The molecule has 1 aliphatic carbocycles. The quantitative estimate of drug-likeness (QED) is 0.817. The summed E-state index contributed by atoms with van der Waals surface area (Å²) in [6.45, 7) is 0. The Hall–Kier alpha value is -1.94. The Bertz CT molecular complexity index is 515. The van der Waals surface area contributed by atoms with Crippen LogP contribution in [0.1, 0.15) is 17.2 Å². The highest BCUT2D eigenvalue weighted by Crippen LogP contribution is 2.33. The van der Waals surface area contributed by atoms with Gasteiger partial charge in [0, 0.05) is 18.8 Å². The Morgan fingerprint density at radius 2 is 2.12 bits per heavy atom. The maximum atomic E-state index is 10.1. The zero-order chi connectivity index (χ0) is 11.7. The number of benzene rings is 1. The Kier molecular flexibility index (Phi) is 2.49. The second kappa shape index (κ2) is 4.14. The van der Waals surface area contributed by atoms with E-state index in [1.54, 1.807) is 18.6 Å². The van der Waals surface area contributed by atoms with E-state index in [1.165, 1.54) is 5.56 Å². The van der Waals surface area contributed by atoms with Crippen LogP contribution >= 0.6 is 0 Å². The summed E-state index contributed by atoms with van der Waals surface area (Å²) in [5, 5.41) is 13.3. The van der Waals surface area contributed by atoms with Crippen LogP contribution in [0, 0.1) is 0 Å². The summed E-state index contributed by atoms with van der Waals surface area (Å²) >= 11 is 0. The normalized spacial score (nSPS) is 22.2. The first-order valence-corrected chi connectivity index (χ1v) is 5.63. The summed E-state index contributed by atoms with van der Waals surface area (Å²) in [5.74, 6) is 0.688. The number of hydrogen-bond acceptors (Lipinski definition) is 4. The van der Waals surface area contributed by atoms with Gasteiger partial charge in [-0.05, 0) is 11.1 Å². The zero-order valence-corrected chi connectivity index (χ0v) is 9.24. The van der Waals surface area contributed by atoms with Gasteiger partial charge in [0.25, 0.3) is 0 Å². The molecule has 17 heavy (non-hydrogen) atoms. The molecule has 1 heterocycles. The van der Waals surface area contributed by atoms with E-state index < -0.39 is 6.10 Å². The third-order valence-electron chi connectivity index (χ3n) is 3.07. The lowest BCUT2D eigenvalue weighted by Gasteiger charge is -2.18. The molecule has 2 N–H and O–H groups in total. The van der Waals surface area contributed by atoms with E-state index in [4.69, 9.17) is 0 Å². The van der Waals surface area contributed by atoms with E-state index >= 15 is 0 Å². The number of rotatable bonds is 2. The maximum Gasteiger partial charge on any atom is 0.145 e. The van der Waals surface area contributed by atoms with Crippen molar-refractivity contribution < 1.29 is 5.11 Å². The molecule has 0 bridgehead atoms. The van der Waals surface area contributed by atoms with Crippen LogP contribution in [-0.4, -0.2) is 21.2 Å². The highest BCUT2D eigenvalue weighted by Gasteiger charge is 2.30. The third kappa shape index (κ3) is 1.87. The molecular formula is C13H13N3O. The summed E-state index contributed by atoms with van der Waals surface area (Å²) < 4.78 is 0. The fourth-order valence-corrected chi connectivity index (χ4v) is 2.28. The van der Waals surface area contributed by atoms with Crippen molar-refractivity contribution in [3.8, 4) is 0 Å². The Morgan fingerprint density at radius 3 is 2.94 bits per heavy atom. The van der Waals surface area contributed by atoms with Crippen LogP contribution in [0.15, 0.2) is 42.9 Å². The monoisotopic (exact) mass is 227 g/mol. The smallest absolute Gasteiger partial charge is 0.145 e. The molecule has 2 atom stereocenters. The van der Waals surface area contributed by atoms with Gasteiger partial charge in [0.15, 0.2) is 0 Å². The average Bonchev–Trinajstić information content (AvgIpc) is 2.68. The fourth-order valence-electron chi connectivity index (χ4n) is 2.28. The minimum absolute atomic E-state index is 0.0945. The van der Waals surface area contributed by atoms with Crippen molar-refractivity contribution in [3.63, 3.8) is 0 Å². The molecule has 0 saturated heterocycles. The minimum atomic E-state index is -0.408. The van der Waals surface area contributed by atoms with Crippen molar-refractivity contribution >= 4 is 5.82 Å². The van der Waals surface area contributed by atoms with Gasteiger partial charge in [-0.25, -0.2) is 4.98 Å². The summed E-state index contributed by atoms with van der Waals surface area (Å²) in [6, 6.07) is 7.98. The second-order valence-electron chi connectivity index (χ2n) is 4.18. The fraction of sp³-hybridized carbons (Fsp3) is 0.231. The summed E-state index contributed by atoms with van der Waals surface area (Å²) in [6.07, 6.45) is 5.20. The molecule has 0 saturated carbocycles. The molecule has 86 valence electrons. The molecule has 0 fully saturated rings. The van der Waals surface area contributed by atoms with E-state index in [9.17, 15) is 5.11 Å². The number of anilines is 1. The van der Waals surface area contributed by atoms with Gasteiger partial charge >= 0.3 is 0 Å². The van der Waals surface area contributed by atoms with Crippen molar-refractivity contribution in [2.45, 2.75) is 18.6 Å². The molecule has 3 rings (SSSR count). The lowest BCUT2D eigenvalue weighted by molar-refractivity contribution is 0.165. The van der Waals surface area contributed by atoms with Gasteiger partial charge in [-0.15, -0.1) is 0 Å². The number of aliphatic hydroxyl groups is 1. The number of aliphatic hydroxyl groups excluding tert-OH is 1. The SMILES string of the molecule is O[C@@H]1Cc2ccccc2[C@@H]1Nc1cnccn1. The average molecular weight is 227 g/mol. The Balaban J connectivity index is 1.89. The molecule has 0 spiro atoms. The second-order valence-corrected chi connectivity index (χ2v) is 4.18. The molecule has 1 aromatic carbocycles. The number of nitrogens with one attached hydrogen (secondary N) is 1. The topological polar surface area (TPSA) is 58.0 Å². The summed E-state index contributed by atoms with van der Waals surface area (Å²) in [5.41, 5.74) is 2.34. The van der Waals surface area contributed by atoms with Crippen LogP contribution in [0.2, 0.25) is 0 Å². The Labute approximate surface area is 99.4 Å². The van der Waals surface area contributed by atoms with Crippen molar-refractivity contribution in [1.29, 1.82) is 0 Å². The molecule has 1 aromatic heterocycles. The summed E-state index contributed by atoms with van der Waals surface area (Å²) in [7, 11) is 0. The van der Waals surface area contributed by atoms with Crippen LogP contribution in [0.3, 0.4) is 0 Å². The van der Waals surface area contributed by atoms with E-state index in [1.807, 2.05) is 18.2 Å². The largest absolute Gasteiger partial charge is 0.390 e. The standard InChI is InChI=1S/C13H13N3O/c17-11-7-9-3-1-2-4-10(9)13(11)16-12-8-14-5-6-15-12/h1-6,8,11,13,17H,7H2,(H,15,16)/t11-,13+/m1/s1. The molecule has 0 unspecified atom stereocenters. The highest BCUT2D eigenvalue weighted by molar-refractivity contribution is 5.43. The van der Waals surface area contributed by atoms with Gasteiger partial charge in [0.2, 0.25) is 0 Å². The molecule has 2 aromatic rings. The number of nitrogens with zero attached hydrogens (tertiary/aromatic N) is 2. The van der Waals surface area contributed by atoms with Gasteiger partial charge in [-0.1, -0.05) is 24.3 Å². The predicted molar refractivity (Wildman–Crippen MR) is 64.5 cm³/mol. The first kappa shape index (κ1) is 10.2. The first-order chi connectivity index (χ1) is 8.34. The van der Waals surface area contributed by atoms with Gasteiger partial charge in [0.05, 0.1) is 18.3 Å². The van der Waals surface area contributed by atoms with Gasteiger partial charge in [-0.2, -0.15) is 0 Å². The lowest BCUT2D eigenvalue weighted by Crippen LogP contribution is -2.21. The zero-order valence-electron chi connectivity index (χ0n) is 9.24. The molecule has 0 amide bonds. The molecule has 0 aliphatic heterocycles. The summed E-state index contributed by atoms with van der Waals surface area (Å²) in [4.78, 5) is 8.17. The highest BCUT2D eigenvalue weighted by atomic mass is 16.3. The van der Waals surface area contributed by atoms with Gasteiger partial charge < -0.3 is 10.4 Å². The molecule has 1 aliphatic rings. The van der Waals surface area contributed by atoms with Crippen molar-refractivity contribution in [1.82, 2.24) is 9.97 Å². The number of hydrogen-bond donors (Lipinski definition) is 2. The van der Waals surface area contributed by atoms with Gasteiger partial charge in [-0.3, -0.25) is 4.98 Å². The van der Waals surface area contributed by atoms with Crippen LogP contribution in [0.25, 0.3) is 0 Å². The van der Waals surface area contributed by atoms with Crippen molar-refractivity contribution in [2.24, 2.45) is 0 Å². The van der Waals surface area contributed by atoms with E-state index in [-0.39, 0.29) is 6.04 Å². The lowest BCUT2D eigenvalue weighted by atomic mass is 10.1. The van der Waals surface area contributed by atoms with Crippen molar-refractivity contribution in [3.05, 3.63) is 54.0 Å². The minimum Gasteiger partial charge on any atom is -0.390 e. The molecule has 4 heteroatoms. The molecular weight excluding hydrogens is 214 g/mol. The van der Waals surface area contributed by atoms with Crippen molar-refractivity contribution in [2.75, 3.05) is 5.32 Å². The predicted octanol–water partition coefficient (Wildman–Crippen LogP) is 1.55.